The third-order valence-electron chi connectivity index (χ3n) is 8.33. The summed E-state index contributed by atoms with van der Waals surface area (Å²) in [5.41, 5.74) is 0. The lowest BCUT2D eigenvalue weighted by Crippen LogP contribution is -1.85. The lowest BCUT2D eigenvalue weighted by molar-refractivity contribution is 0.504. The van der Waals surface area contributed by atoms with Crippen LogP contribution < -0.4 is 0 Å². The van der Waals surface area contributed by atoms with Crippen molar-refractivity contribution < 1.29 is 0 Å². The molecule has 0 aliphatic heterocycles. The van der Waals surface area contributed by atoms with E-state index in [1.165, 1.54) is 205 Å². The van der Waals surface area contributed by atoms with Crippen LogP contribution in [-0.4, -0.2) is 0 Å². The second-order valence-electron chi connectivity index (χ2n) is 12.0. The van der Waals surface area contributed by atoms with Crippen molar-refractivity contribution in [3.05, 3.63) is 24.3 Å². The first-order valence-electron chi connectivity index (χ1n) is 17.3. The highest BCUT2D eigenvalue weighted by atomic mass is 14.0. The number of hydrogen-bond acceptors (Lipinski definition) is 0. The van der Waals surface area contributed by atoms with E-state index in [1.54, 1.807) is 0 Å². The quantitative estimate of drug-likeness (QED) is 0.290. The maximum Gasteiger partial charge on any atom is -0.0316 e. The number of allylic oxidation sites excluding steroid dienone is 4. The fraction of sp³-hybridized carbons (Fsp3) is 0.889. The Morgan fingerprint density at radius 1 is 0.139 bits per heavy atom. The van der Waals surface area contributed by atoms with Gasteiger partial charge in [-0.15, -0.1) is 0 Å². The Morgan fingerprint density at radius 3 is 0.194 bits per heavy atom. The lowest BCUT2D eigenvalue weighted by Gasteiger charge is -2.05. The van der Waals surface area contributed by atoms with Gasteiger partial charge in [0.05, 0.1) is 0 Å². The molecule has 0 N–H and O–H groups in total. The topological polar surface area (TPSA) is 0 Å². The van der Waals surface area contributed by atoms with Crippen molar-refractivity contribution >= 4 is 0 Å². The zero-order chi connectivity index (χ0) is 25.5. The Labute approximate surface area is 229 Å². The second kappa shape index (κ2) is 30.7. The number of hydrogen-bond donors (Lipinski definition) is 0. The molecule has 0 amide bonds. The van der Waals surface area contributed by atoms with Crippen LogP contribution in [0.1, 0.15) is 205 Å². The summed E-state index contributed by atoms with van der Waals surface area (Å²) in [7, 11) is 0. The van der Waals surface area contributed by atoms with Gasteiger partial charge in [-0.3, -0.25) is 0 Å². The first-order chi connectivity index (χ1) is 18.0. The summed E-state index contributed by atoms with van der Waals surface area (Å²) in [6, 6.07) is 0. The van der Waals surface area contributed by atoms with E-state index in [0.29, 0.717) is 0 Å². The third-order valence-corrected chi connectivity index (χ3v) is 8.33. The fourth-order valence-electron chi connectivity index (χ4n) is 2.08. The smallest absolute Gasteiger partial charge is 0.0316 e. The largest absolute Gasteiger partial charge is 0.0882 e. The van der Waals surface area contributed by atoms with Crippen LogP contribution in [-0.2, 0) is 0 Å². The maximum absolute atomic E-state index is 2.18. The van der Waals surface area contributed by atoms with Gasteiger partial charge in [0.15, 0.2) is 0 Å². The zero-order valence-corrected chi connectivity index (χ0v) is 24.9. The SMILES string of the molecule is C1=CCC1.C1=CCC1.C1CCC1.C1CCC1.C1CCC1.C1CCC1.C1CCC1.C1CCC1.C1CCC1. The van der Waals surface area contributed by atoms with Gasteiger partial charge in [-0.25, -0.2) is 0 Å². The Kier molecular flexibility index (Phi) is 28.6. The molecule has 212 valence electrons. The van der Waals surface area contributed by atoms with E-state index in [-0.39, 0.29) is 0 Å². The summed E-state index contributed by atoms with van der Waals surface area (Å²) in [6.45, 7) is 0. The molecular formula is C36H68. The first-order valence-corrected chi connectivity index (χ1v) is 17.3. The molecule has 0 unspecified atom stereocenters. The molecule has 0 aromatic rings. The minimum atomic E-state index is 1.32. The average molecular weight is 501 g/mol. The lowest BCUT2D eigenvalue weighted by atomic mass is 10.0. The van der Waals surface area contributed by atoms with E-state index in [4.69, 9.17) is 0 Å². The standard InChI is InChI=1S/7C4H8.2C4H6/c9*1-2-4-3-1/h7*1-4H2;2*1-2H,3-4H2. The first kappa shape index (κ1) is 33.5. The van der Waals surface area contributed by atoms with Crippen molar-refractivity contribution in [2.45, 2.75) is 205 Å². The summed E-state index contributed by atoms with van der Waals surface area (Å²) < 4.78 is 0. The van der Waals surface area contributed by atoms with E-state index in [2.05, 4.69) is 24.3 Å². The predicted octanol–water partition coefficient (Wildman–Crippen LogP) is 13.6. The van der Waals surface area contributed by atoms with Crippen LogP contribution >= 0.6 is 0 Å². The van der Waals surface area contributed by atoms with Gasteiger partial charge in [0.2, 0.25) is 0 Å². The molecule has 0 atom stereocenters. The van der Waals surface area contributed by atoms with Gasteiger partial charge in [0.1, 0.15) is 0 Å². The molecule has 7 saturated carbocycles. The summed E-state index contributed by atoms with van der Waals surface area (Å²) in [4.78, 5) is 0. The van der Waals surface area contributed by atoms with E-state index in [1.807, 2.05) is 0 Å². The van der Waals surface area contributed by atoms with Gasteiger partial charge in [0, 0.05) is 0 Å². The highest BCUT2D eigenvalue weighted by molar-refractivity contribution is 4.93. The van der Waals surface area contributed by atoms with E-state index >= 15 is 0 Å². The van der Waals surface area contributed by atoms with Crippen molar-refractivity contribution in [1.82, 2.24) is 0 Å². The molecule has 0 aromatic heterocycles. The zero-order valence-electron chi connectivity index (χ0n) is 24.9. The highest BCUT2D eigenvalue weighted by Crippen LogP contribution is 2.17. The molecule has 0 spiro atoms. The maximum atomic E-state index is 2.18. The molecule has 0 saturated heterocycles. The molecule has 9 aliphatic carbocycles. The van der Waals surface area contributed by atoms with Gasteiger partial charge in [-0.1, -0.05) is 204 Å². The minimum absolute atomic E-state index is 1.32. The summed E-state index contributed by atoms with van der Waals surface area (Å²) in [5.74, 6) is 0. The van der Waals surface area contributed by atoms with E-state index < -0.39 is 0 Å². The molecular weight excluding hydrogens is 432 g/mol. The minimum Gasteiger partial charge on any atom is -0.0882 e. The van der Waals surface area contributed by atoms with Crippen molar-refractivity contribution in [2.75, 3.05) is 0 Å². The molecule has 0 aromatic carbocycles. The Balaban J connectivity index is 0.000000202. The van der Waals surface area contributed by atoms with Crippen LogP contribution in [0.15, 0.2) is 24.3 Å². The number of rotatable bonds is 0. The van der Waals surface area contributed by atoms with Crippen LogP contribution in [0.2, 0.25) is 0 Å². The average Bonchev–Trinajstić information content (AvgIpc) is 2.26. The molecule has 9 rings (SSSR count). The molecule has 0 nitrogen and oxygen atoms in total. The van der Waals surface area contributed by atoms with Gasteiger partial charge in [-0.2, -0.15) is 0 Å². The normalized spacial score (nSPS) is 23.1. The molecule has 0 radical (unpaired) electrons. The van der Waals surface area contributed by atoms with Crippen molar-refractivity contribution in [3.63, 3.8) is 0 Å². The van der Waals surface area contributed by atoms with Gasteiger partial charge in [0.25, 0.3) is 0 Å². The van der Waals surface area contributed by atoms with Crippen LogP contribution in [0.5, 0.6) is 0 Å². The second-order valence-corrected chi connectivity index (χ2v) is 12.0. The molecule has 0 heterocycles. The predicted molar refractivity (Wildman–Crippen MR) is 166 cm³/mol. The van der Waals surface area contributed by atoms with Crippen LogP contribution in [0.4, 0.5) is 0 Å². The molecule has 9 aliphatic rings. The summed E-state index contributed by atoms with van der Waals surface area (Å²) in [6.07, 6.45) is 56.0. The Bertz CT molecular complexity index is 284. The molecule has 0 heteroatoms. The molecule has 36 heavy (non-hydrogen) atoms. The van der Waals surface area contributed by atoms with Crippen molar-refractivity contribution in [3.8, 4) is 0 Å². The summed E-state index contributed by atoms with van der Waals surface area (Å²) >= 11 is 0. The summed E-state index contributed by atoms with van der Waals surface area (Å²) in [5, 5.41) is 0. The Morgan fingerprint density at radius 2 is 0.194 bits per heavy atom. The van der Waals surface area contributed by atoms with Gasteiger partial charge < -0.3 is 0 Å². The fourth-order valence-corrected chi connectivity index (χ4v) is 2.08. The van der Waals surface area contributed by atoms with Crippen LogP contribution in [0.25, 0.3) is 0 Å². The Hall–Kier alpha value is -0.520. The molecule has 7 fully saturated rings. The van der Waals surface area contributed by atoms with Crippen molar-refractivity contribution in [1.29, 1.82) is 0 Å². The van der Waals surface area contributed by atoms with Crippen LogP contribution in [0.3, 0.4) is 0 Å². The monoisotopic (exact) mass is 501 g/mol. The highest BCUT2D eigenvalue weighted by Gasteiger charge is 1.97. The van der Waals surface area contributed by atoms with Gasteiger partial charge >= 0.3 is 0 Å². The third kappa shape index (κ3) is 28.1. The van der Waals surface area contributed by atoms with E-state index in [9.17, 15) is 0 Å². The van der Waals surface area contributed by atoms with E-state index in [0.717, 1.165) is 0 Å². The van der Waals surface area contributed by atoms with Crippen LogP contribution in [0, 0.1) is 0 Å². The van der Waals surface area contributed by atoms with Crippen molar-refractivity contribution in [2.24, 2.45) is 0 Å². The van der Waals surface area contributed by atoms with Gasteiger partial charge in [-0.05, 0) is 25.7 Å². The molecule has 0 bridgehead atoms.